The number of anilines is 1. The first-order chi connectivity index (χ1) is 9.06. The topological polar surface area (TPSA) is 18.5 Å². The van der Waals surface area contributed by atoms with Crippen molar-refractivity contribution in [3.8, 4) is 0 Å². The van der Waals surface area contributed by atoms with Crippen LogP contribution < -0.4 is 5.32 Å². The Hall–Kier alpha value is -0.840. The zero-order chi connectivity index (χ0) is 13.8. The van der Waals surface area contributed by atoms with Crippen molar-refractivity contribution in [1.82, 2.24) is 9.80 Å². The number of piperidine rings is 1. The molecule has 1 heterocycles. The first kappa shape index (κ1) is 14.6. The Morgan fingerprint density at radius 2 is 2.11 bits per heavy atom. The van der Waals surface area contributed by atoms with E-state index in [0.29, 0.717) is 6.04 Å². The quantitative estimate of drug-likeness (QED) is 0.845. The summed E-state index contributed by atoms with van der Waals surface area (Å²) in [6.45, 7) is 2.27. The third-order valence-electron chi connectivity index (χ3n) is 3.63. The highest BCUT2D eigenvalue weighted by atomic mass is 35.5. The second kappa shape index (κ2) is 6.55. The van der Waals surface area contributed by atoms with Gasteiger partial charge < -0.3 is 15.1 Å². The second-order valence-electron chi connectivity index (χ2n) is 5.09. The van der Waals surface area contributed by atoms with Crippen LogP contribution in [0.25, 0.3) is 0 Å². The van der Waals surface area contributed by atoms with Gasteiger partial charge in [-0.2, -0.15) is 0 Å². The highest BCUT2D eigenvalue weighted by Gasteiger charge is 2.22. The summed E-state index contributed by atoms with van der Waals surface area (Å²) in [4.78, 5) is 4.53. The molecule has 1 aromatic rings. The Bertz CT molecular complexity index is 444. The van der Waals surface area contributed by atoms with Gasteiger partial charge >= 0.3 is 0 Å². The molecule has 1 aromatic carbocycles. The van der Waals surface area contributed by atoms with E-state index >= 15 is 0 Å². The Kier molecular flexibility index (Phi) is 5.02. The van der Waals surface area contributed by atoms with Gasteiger partial charge in [-0.1, -0.05) is 17.7 Å². The van der Waals surface area contributed by atoms with Crippen LogP contribution in [0.15, 0.2) is 24.3 Å². The molecule has 0 amide bonds. The van der Waals surface area contributed by atoms with Crippen LogP contribution in [0.3, 0.4) is 0 Å². The molecule has 1 aliphatic heterocycles. The molecule has 1 aliphatic rings. The van der Waals surface area contributed by atoms with Gasteiger partial charge in [0, 0.05) is 23.8 Å². The number of likely N-dealkylation sites (tertiary alicyclic amines) is 1. The average molecular weight is 298 g/mol. The van der Waals surface area contributed by atoms with Gasteiger partial charge in [0.1, 0.15) is 0 Å². The van der Waals surface area contributed by atoms with E-state index < -0.39 is 0 Å². The van der Waals surface area contributed by atoms with Crippen LogP contribution in [0.5, 0.6) is 0 Å². The molecule has 5 heteroatoms. The van der Waals surface area contributed by atoms with Crippen molar-refractivity contribution in [3.05, 3.63) is 29.3 Å². The van der Waals surface area contributed by atoms with E-state index in [1.165, 1.54) is 0 Å². The number of nitrogens with one attached hydrogen (secondary N) is 1. The molecule has 1 saturated heterocycles. The van der Waals surface area contributed by atoms with Gasteiger partial charge in [-0.3, -0.25) is 0 Å². The van der Waals surface area contributed by atoms with Crippen molar-refractivity contribution in [2.45, 2.75) is 18.9 Å². The fraction of sp³-hybridized carbons (Fsp3) is 0.500. The van der Waals surface area contributed by atoms with E-state index in [2.05, 4.69) is 29.2 Å². The SMILES string of the molecule is CN1CCC(N(C)C(=S)Nc2cccc(Cl)c2)CC1. The Labute approximate surface area is 125 Å². The molecule has 1 N–H and O–H groups in total. The summed E-state index contributed by atoms with van der Waals surface area (Å²) in [5.74, 6) is 0. The zero-order valence-electron chi connectivity index (χ0n) is 11.4. The smallest absolute Gasteiger partial charge is 0.173 e. The van der Waals surface area contributed by atoms with Crippen molar-refractivity contribution < 1.29 is 0 Å². The normalized spacial score (nSPS) is 17.2. The molecule has 0 aromatic heterocycles. The maximum atomic E-state index is 5.97. The van der Waals surface area contributed by atoms with Crippen LogP contribution in [-0.2, 0) is 0 Å². The van der Waals surface area contributed by atoms with E-state index in [9.17, 15) is 0 Å². The molecule has 104 valence electrons. The average Bonchev–Trinajstić information content (AvgIpc) is 2.39. The third-order valence-corrected chi connectivity index (χ3v) is 4.26. The molecule has 0 aliphatic carbocycles. The predicted octanol–water partition coefficient (Wildman–Crippen LogP) is 3.06. The lowest BCUT2D eigenvalue weighted by atomic mass is 10.0. The monoisotopic (exact) mass is 297 g/mol. The fourth-order valence-electron chi connectivity index (χ4n) is 2.33. The van der Waals surface area contributed by atoms with Gasteiger partial charge in [0.15, 0.2) is 5.11 Å². The highest BCUT2D eigenvalue weighted by molar-refractivity contribution is 7.80. The van der Waals surface area contributed by atoms with Crippen LogP contribution in [0.1, 0.15) is 12.8 Å². The summed E-state index contributed by atoms with van der Waals surface area (Å²) in [5, 5.41) is 4.73. The van der Waals surface area contributed by atoms with Crippen molar-refractivity contribution in [2.75, 3.05) is 32.5 Å². The summed E-state index contributed by atoms with van der Waals surface area (Å²) < 4.78 is 0. The molecule has 0 saturated carbocycles. The lowest BCUT2D eigenvalue weighted by Gasteiger charge is -2.36. The number of hydrogen-bond acceptors (Lipinski definition) is 2. The molecular weight excluding hydrogens is 278 g/mol. The standard InChI is InChI=1S/C14H20ClN3S/c1-17-8-6-13(7-9-17)18(2)14(19)16-12-5-3-4-11(15)10-12/h3-5,10,13H,6-9H2,1-2H3,(H,16,19). The maximum Gasteiger partial charge on any atom is 0.173 e. The molecule has 0 atom stereocenters. The summed E-state index contributed by atoms with van der Waals surface area (Å²) >= 11 is 11.4. The van der Waals surface area contributed by atoms with Crippen molar-refractivity contribution >= 4 is 34.6 Å². The van der Waals surface area contributed by atoms with E-state index in [4.69, 9.17) is 23.8 Å². The molecule has 19 heavy (non-hydrogen) atoms. The molecule has 0 spiro atoms. The maximum absolute atomic E-state index is 5.97. The van der Waals surface area contributed by atoms with Crippen molar-refractivity contribution in [2.24, 2.45) is 0 Å². The van der Waals surface area contributed by atoms with Gasteiger partial charge in [0.25, 0.3) is 0 Å². The van der Waals surface area contributed by atoms with E-state index in [1.807, 2.05) is 24.3 Å². The second-order valence-corrected chi connectivity index (χ2v) is 5.91. The summed E-state index contributed by atoms with van der Waals surface area (Å²) in [6, 6.07) is 8.16. The minimum atomic E-state index is 0.524. The van der Waals surface area contributed by atoms with Crippen LogP contribution in [0.4, 0.5) is 5.69 Å². The minimum Gasteiger partial charge on any atom is -0.349 e. The molecule has 0 unspecified atom stereocenters. The number of halogens is 1. The first-order valence-electron chi connectivity index (χ1n) is 6.54. The largest absolute Gasteiger partial charge is 0.349 e. The van der Waals surface area contributed by atoms with E-state index in [0.717, 1.165) is 41.8 Å². The highest BCUT2D eigenvalue weighted by Crippen LogP contribution is 2.18. The zero-order valence-corrected chi connectivity index (χ0v) is 13.0. The number of hydrogen-bond donors (Lipinski definition) is 1. The van der Waals surface area contributed by atoms with Crippen molar-refractivity contribution in [1.29, 1.82) is 0 Å². The van der Waals surface area contributed by atoms with Crippen LogP contribution in [0, 0.1) is 0 Å². The summed E-state index contributed by atoms with van der Waals surface area (Å²) in [6.07, 6.45) is 2.31. The van der Waals surface area contributed by atoms with Gasteiger partial charge in [0.05, 0.1) is 0 Å². The molecule has 3 nitrogen and oxygen atoms in total. The summed E-state index contributed by atoms with van der Waals surface area (Å²) in [5.41, 5.74) is 0.942. The lowest BCUT2D eigenvalue weighted by molar-refractivity contribution is 0.193. The number of benzene rings is 1. The van der Waals surface area contributed by atoms with Gasteiger partial charge in [-0.05, 0) is 63.4 Å². The van der Waals surface area contributed by atoms with Crippen LogP contribution in [0.2, 0.25) is 5.02 Å². The number of rotatable bonds is 2. The fourth-order valence-corrected chi connectivity index (χ4v) is 2.78. The van der Waals surface area contributed by atoms with Crippen molar-refractivity contribution in [3.63, 3.8) is 0 Å². The Morgan fingerprint density at radius 1 is 1.42 bits per heavy atom. The van der Waals surface area contributed by atoms with Crippen LogP contribution in [-0.4, -0.2) is 48.1 Å². The van der Waals surface area contributed by atoms with Gasteiger partial charge in [-0.25, -0.2) is 0 Å². The van der Waals surface area contributed by atoms with E-state index in [1.54, 1.807) is 0 Å². The molecule has 2 rings (SSSR count). The molecule has 1 fully saturated rings. The Morgan fingerprint density at radius 3 is 2.74 bits per heavy atom. The third kappa shape index (κ3) is 4.06. The lowest BCUT2D eigenvalue weighted by Crippen LogP contribution is -2.45. The number of thiocarbonyl (C=S) groups is 1. The summed E-state index contributed by atoms with van der Waals surface area (Å²) in [7, 11) is 4.23. The van der Waals surface area contributed by atoms with E-state index in [-0.39, 0.29) is 0 Å². The molecule has 0 bridgehead atoms. The minimum absolute atomic E-state index is 0.524. The molecular formula is C14H20ClN3S. The van der Waals surface area contributed by atoms with Crippen LogP contribution >= 0.6 is 23.8 Å². The Balaban J connectivity index is 1.92. The number of nitrogens with zero attached hydrogens (tertiary/aromatic N) is 2. The first-order valence-corrected chi connectivity index (χ1v) is 7.33. The predicted molar refractivity (Wildman–Crippen MR) is 86.0 cm³/mol. The molecule has 0 radical (unpaired) electrons. The van der Waals surface area contributed by atoms with Gasteiger partial charge in [0.2, 0.25) is 0 Å². The van der Waals surface area contributed by atoms with Gasteiger partial charge in [-0.15, -0.1) is 0 Å².